The van der Waals surface area contributed by atoms with Crippen LogP contribution in [-0.2, 0) is 17.1 Å². The maximum atomic E-state index is 12.7. The van der Waals surface area contributed by atoms with Gasteiger partial charge in [-0.05, 0) is 32.0 Å². The van der Waals surface area contributed by atoms with E-state index in [1.54, 1.807) is 13.8 Å². The molecule has 0 aliphatic heterocycles. The lowest BCUT2D eigenvalue weighted by Crippen LogP contribution is -2.34. The molecule has 0 aliphatic carbocycles. The Hall–Kier alpha value is -1.93. The highest BCUT2D eigenvalue weighted by atomic mass is 19.4. The molecule has 0 atom stereocenters. The smallest absolute Gasteiger partial charge is 0.416 e. The fourth-order valence-corrected chi connectivity index (χ4v) is 1.82. The van der Waals surface area contributed by atoms with Crippen LogP contribution >= 0.6 is 0 Å². The first-order chi connectivity index (χ1) is 10.5. The molecule has 0 aromatic heterocycles. The van der Waals surface area contributed by atoms with Crippen molar-refractivity contribution in [3.63, 3.8) is 0 Å². The predicted octanol–water partition coefficient (Wildman–Crippen LogP) is 3.97. The van der Waals surface area contributed by atoms with Crippen LogP contribution in [0.3, 0.4) is 0 Å². The van der Waals surface area contributed by atoms with Crippen LogP contribution in [0.15, 0.2) is 18.2 Å². The fourth-order valence-electron chi connectivity index (χ4n) is 1.82. The van der Waals surface area contributed by atoms with Gasteiger partial charge in [0.1, 0.15) is 5.75 Å². The molecular formula is C14H15F6NO2. The number of nitrogens with zero attached hydrogens (tertiary/aromatic N) is 1. The van der Waals surface area contributed by atoms with Crippen LogP contribution in [0.5, 0.6) is 5.75 Å². The summed E-state index contributed by atoms with van der Waals surface area (Å²) in [5, 5.41) is 0. The fraction of sp³-hybridized carbons (Fsp3) is 0.500. The summed E-state index contributed by atoms with van der Waals surface area (Å²) >= 11 is 0. The lowest BCUT2D eigenvalue weighted by molar-refractivity contribution is -0.143. The van der Waals surface area contributed by atoms with Crippen molar-refractivity contribution in [3.05, 3.63) is 29.3 Å². The van der Waals surface area contributed by atoms with E-state index in [0.717, 1.165) is 0 Å². The average molecular weight is 343 g/mol. The van der Waals surface area contributed by atoms with Crippen LogP contribution in [0.4, 0.5) is 26.3 Å². The number of halogens is 6. The number of carbonyl (C=O) groups is 1. The Kier molecular flexibility index (Phi) is 5.90. The predicted molar refractivity (Wildman–Crippen MR) is 69.9 cm³/mol. The van der Waals surface area contributed by atoms with E-state index in [1.165, 1.54) is 4.90 Å². The zero-order valence-electron chi connectivity index (χ0n) is 12.4. The molecule has 23 heavy (non-hydrogen) atoms. The van der Waals surface area contributed by atoms with Gasteiger partial charge in [0.2, 0.25) is 0 Å². The zero-order chi connectivity index (χ0) is 17.8. The number of rotatable bonds is 5. The van der Waals surface area contributed by atoms with E-state index in [4.69, 9.17) is 4.74 Å². The summed E-state index contributed by atoms with van der Waals surface area (Å²) in [5.41, 5.74) is -2.98. The standard InChI is InChI=1S/C14H15F6NO2/c1-3-21(4-2)12(22)8-23-11-6-9(13(15,16)17)5-10(7-11)14(18,19)20/h5-7H,3-4,8H2,1-2H3. The second-order valence-electron chi connectivity index (χ2n) is 4.60. The number of carbonyl (C=O) groups excluding carboxylic acids is 1. The zero-order valence-corrected chi connectivity index (χ0v) is 12.4. The van der Waals surface area contributed by atoms with Crippen LogP contribution in [0.1, 0.15) is 25.0 Å². The van der Waals surface area contributed by atoms with Crippen molar-refractivity contribution in [2.75, 3.05) is 19.7 Å². The molecule has 0 radical (unpaired) electrons. The van der Waals surface area contributed by atoms with Gasteiger partial charge in [-0.1, -0.05) is 0 Å². The first kappa shape index (κ1) is 19.1. The van der Waals surface area contributed by atoms with Gasteiger partial charge in [-0.25, -0.2) is 0 Å². The van der Waals surface area contributed by atoms with Gasteiger partial charge >= 0.3 is 12.4 Å². The summed E-state index contributed by atoms with van der Waals surface area (Å²) in [4.78, 5) is 13.0. The number of hydrogen-bond donors (Lipinski definition) is 0. The second-order valence-corrected chi connectivity index (χ2v) is 4.60. The monoisotopic (exact) mass is 343 g/mol. The van der Waals surface area contributed by atoms with Crippen LogP contribution in [0.25, 0.3) is 0 Å². The molecular weight excluding hydrogens is 328 g/mol. The van der Waals surface area contributed by atoms with E-state index in [1.807, 2.05) is 0 Å². The van der Waals surface area contributed by atoms with Gasteiger partial charge in [0.05, 0.1) is 11.1 Å². The van der Waals surface area contributed by atoms with E-state index < -0.39 is 41.7 Å². The lowest BCUT2D eigenvalue weighted by Gasteiger charge is -2.19. The summed E-state index contributed by atoms with van der Waals surface area (Å²) in [6.45, 7) is 3.45. The largest absolute Gasteiger partial charge is 0.484 e. The number of hydrogen-bond acceptors (Lipinski definition) is 2. The summed E-state index contributed by atoms with van der Waals surface area (Å²) in [6, 6.07) is 0.870. The maximum Gasteiger partial charge on any atom is 0.416 e. The molecule has 130 valence electrons. The van der Waals surface area contributed by atoms with Crippen molar-refractivity contribution in [2.45, 2.75) is 26.2 Å². The minimum Gasteiger partial charge on any atom is -0.484 e. The van der Waals surface area contributed by atoms with E-state index in [9.17, 15) is 31.1 Å². The van der Waals surface area contributed by atoms with Gasteiger partial charge in [0, 0.05) is 13.1 Å². The molecule has 9 heteroatoms. The molecule has 0 saturated heterocycles. The van der Waals surface area contributed by atoms with Crippen LogP contribution in [-0.4, -0.2) is 30.5 Å². The van der Waals surface area contributed by atoms with Crippen molar-refractivity contribution in [1.82, 2.24) is 4.90 Å². The number of amides is 1. The Morgan fingerprint density at radius 1 is 0.957 bits per heavy atom. The van der Waals surface area contributed by atoms with Gasteiger partial charge < -0.3 is 9.64 Å². The summed E-state index contributed by atoms with van der Waals surface area (Å²) < 4.78 is 80.9. The van der Waals surface area contributed by atoms with Crippen molar-refractivity contribution >= 4 is 5.91 Å². The van der Waals surface area contributed by atoms with Crippen LogP contribution < -0.4 is 4.74 Å². The van der Waals surface area contributed by atoms with E-state index in [2.05, 4.69) is 0 Å². The molecule has 0 spiro atoms. The number of benzene rings is 1. The van der Waals surface area contributed by atoms with Crippen molar-refractivity contribution in [1.29, 1.82) is 0 Å². The molecule has 1 aromatic rings. The number of likely N-dealkylation sites (N-methyl/N-ethyl adjacent to an activating group) is 1. The van der Waals surface area contributed by atoms with Gasteiger partial charge in [-0.3, -0.25) is 4.79 Å². The third kappa shape index (κ3) is 5.33. The highest BCUT2D eigenvalue weighted by Crippen LogP contribution is 2.38. The average Bonchev–Trinajstić information content (AvgIpc) is 2.44. The van der Waals surface area contributed by atoms with Crippen molar-refractivity contribution in [3.8, 4) is 5.75 Å². The van der Waals surface area contributed by atoms with Crippen molar-refractivity contribution in [2.24, 2.45) is 0 Å². The third-order valence-electron chi connectivity index (χ3n) is 3.04. The second kappa shape index (κ2) is 7.10. The minimum absolute atomic E-state index is 0.000921. The van der Waals surface area contributed by atoms with Gasteiger partial charge in [-0.15, -0.1) is 0 Å². The summed E-state index contributed by atoms with van der Waals surface area (Å²) in [7, 11) is 0. The lowest BCUT2D eigenvalue weighted by atomic mass is 10.1. The molecule has 0 unspecified atom stereocenters. The van der Waals surface area contributed by atoms with Crippen LogP contribution in [0.2, 0.25) is 0 Å². The molecule has 1 amide bonds. The highest BCUT2D eigenvalue weighted by Gasteiger charge is 2.37. The molecule has 3 nitrogen and oxygen atoms in total. The van der Waals surface area contributed by atoms with Gasteiger partial charge in [-0.2, -0.15) is 26.3 Å². The Morgan fingerprint density at radius 3 is 1.74 bits per heavy atom. The molecule has 0 N–H and O–H groups in total. The SMILES string of the molecule is CCN(CC)C(=O)COc1cc(C(F)(F)F)cc(C(F)(F)F)c1. The van der Waals surface area contributed by atoms with Crippen molar-refractivity contribution < 1.29 is 35.9 Å². The molecule has 0 fully saturated rings. The Balaban J connectivity index is 3.04. The topological polar surface area (TPSA) is 29.5 Å². The quantitative estimate of drug-likeness (QED) is 0.757. The first-order valence-corrected chi connectivity index (χ1v) is 6.69. The maximum absolute atomic E-state index is 12.7. The third-order valence-corrected chi connectivity index (χ3v) is 3.04. The Bertz CT molecular complexity index is 517. The molecule has 0 heterocycles. The number of alkyl halides is 6. The minimum atomic E-state index is -4.96. The van der Waals surface area contributed by atoms with E-state index in [-0.39, 0.29) is 6.07 Å². The van der Waals surface area contributed by atoms with Gasteiger partial charge in [0.15, 0.2) is 6.61 Å². The Morgan fingerprint density at radius 2 is 1.39 bits per heavy atom. The van der Waals surface area contributed by atoms with Crippen LogP contribution in [0, 0.1) is 0 Å². The molecule has 0 saturated carbocycles. The molecule has 0 aliphatic rings. The van der Waals surface area contributed by atoms with Gasteiger partial charge in [0.25, 0.3) is 5.91 Å². The summed E-state index contributed by atoms with van der Waals surface area (Å²) in [5.74, 6) is -1.19. The summed E-state index contributed by atoms with van der Waals surface area (Å²) in [6.07, 6.45) is -9.91. The Labute approximate surface area is 128 Å². The normalized spacial score (nSPS) is 12.2. The number of ether oxygens (including phenoxy) is 1. The first-order valence-electron chi connectivity index (χ1n) is 6.69. The molecule has 1 rings (SSSR count). The highest BCUT2D eigenvalue weighted by molar-refractivity contribution is 5.77. The molecule has 0 bridgehead atoms. The van der Waals surface area contributed by atoms with E-state index in [0.29, 0.717) is 25.2 Å². The molecule has 1 aromatic carbocycles. The van der Waals surface area contributed by atoms with E-state index >= 15 is 0 Å².